The molecule has 142 valence electrons. The molecule has 28 heavy (non-hydrogen) atoms. The highest BCUT2D eigenvalue weighted by molar-refractivity contribution is 5.91. The largest absolute Gasteiger partial charge is 0.452 e. The van der Waals surface area contributed by atoms with Crippen molar-refractivity contribution in [3.63, 3.8) is 0 Å². The highest BCUT2D eigenvalue weighted by atomic mass is 19.1. The molecular formula is C23H20FNO3. The fourth-order valence-electron chi connectivity index (χ4n) is 2.69. The van der Waals surface area contributed by atoms with Crippen LogP contribution in [0.4, 0.5) is 4.39 Å². The minimum absolute atomic E-state index is 0.295. The zero-order chi connectivity index (χ0) is 19.8. The van der Waals surface area contributed by atoms with Crippen LogP contribution < -0.4 is 5.32 Å². The van der Waals surface area contributed by atoms with Crippen molar-refractivity contribution in [3.05, 3.63) is 95.8 Å². The van der Waals surface area contributed by atoms with Crippen molar-refractivity contribution in [1.82, 2.24) is 5.32 Å². The van der Waals surface area contributed by atoms with Gasteiger partial charge in [0.2, 0.25) is 0 Å². The second kappa shape index (κ2) is 9.46. The number of hydrogen-bond donors (Lipinski definition) is 1. The normalized spacial score (nSPS) is 10.3. The van der Waals surface area contributed by atoms with Gasteiger partial charge in [-0.05, 0) is 47.4 Å². The van der Waals surface area contributed by atoms with Crippen molar-refractivity contribution >= 4 is 11.9 Å². The lowest BCUT2D eigenvalue weighted by molar-refractivity contribution is -0.124. The Morgan fingerprint density at radius 2 is 1.46 bits per heavy atom. The molecule has 0 aromatic heterocycles. The van der Waals surface area contributed by atoms with Gasteiger partial charge in [-0.2, -0.15) is 0 Å². The third-order valence-corrected chi connectivity index (χ3v) is 4.21. The Morgan fingerprint density at radius 1 is 0.821 bits per heavy atom. The summed E-state index contributed by atoms with van der Waals surface area (Å²) in [5, 5.41) is 2.67. The summed E-state index contributed by atoms with van der Waals surface area (Å²) in [5.74, 6) is -1.22. The van der Waals surface area contributed by atoms with Crippen LogP contribution in [0.3, 0.4) is 0 Å². The van der Waals surface area contributed by atoms with Gasteiger partial charge in [0.05, 0.1) is 5.56 Å². The maximum absolute atomic E-state index is 12.8. The van der Waals surface area contributed by atoms with Crippen LogP contribution in [0, 0.1) is 5.82 Å². The summed E-state index contributed by atoms with van der Waals surface area (Å²) in [6, 6.07) is 23.0. The van der Waals surface area contributed by atoms with Crippen LogP contribution in [0.5, 0.6) is 0 Å². The van der Waals surface area contributed by atoms with Crippen molar-refractivity contribution in [2.24, 2.45) is 0 Å². The first-order valence-corrected chi connectivity index (χ1v) is 8.95. The minimum atomic E-state index is -0.548. The van der Waals surface area contributed by atoms with E-state index in [0.717, 1.165) is 16.7 Å². The number of hydrogen-bond acceptors (Lipinski definition) is 3. The molecule has 0 saturated heterocycles. The van der Waals surface area contributed by atoms with Gasteiger partial charge in [-0.3, -0.25) is 4.79 Å². The van der Waals surface area contributed by atoms with Crippen molar-refractivity contribution in [2.45, 2.75) is 6.42 Å². The van der Waals surface area contributed by atoms with Crippen LogP contribution in [-0.2, 0) is 16.0 Å². The lowest BCUT2D eigenvalue weighted by Gasteiger charge is -2.07. The predicted octanol–water partition coefficient (Wildman–Crippen LogP) is 4.01. The lowest BCUT2D eigenvalue weighted by Crippen LogP contribution is -2.30. The predicted molar refractivity (Wildman–Crippen MR) is 105 cm³/mol. The van der Waals surface area contributed by atoms with Gasteiger partial charge in [0.25, 0.3) is 5.91 Å². The van der Waals surface area contributed by atoms with Gasteiger partial charge in [-0.15, -0.1) is 0 Å². The SMILES string of the molecule is O=C(COC(=O)c1ccc(-c2ccccc2)cc1)NCCc1ccc(F)cc1. The van der Waals surface area contributed by atoms with Crippen molar-refractivity contribution in [2.75, 3.05) is 13.2 Å². The number of carbonyl (C=O) groups is 2. The van der Waals surface area contributed by atoms with Crippen molar-refractivity contribution in [3.8, 4) is 11.1 Å². The standard InChI is InChI=1S/C23H20FNO3/c24-21-12-6-17(7-13-21)14-15-25-22(26)16-28-23(27)20-10-8-19(9-11-20)18-4-2-1-3-5-18/h1-13H,14-16H2,(H,25,26). The molecule has 0 bridgehead atoms. The Morgan fingerprint density at radius 3 is 2.14 bits per heavy atom. The molecule has 3 aromatic rings. The number of esters is 1. The molecule has 0 aliphatic rings. The van der Waals surface area contributed by atoms with Gasteiger partial charge in [-0.1, -0.05) is 54.6 Å². The van der Waals surface area contributed by atoms with Gasteiger partial charge in [-0.25, -0.2) is 9.18 Å². The van der Waals surface area contributed by atoms with E-state index in [9.17, 15) is 14.0 Å². The Bertz CT molecular complexity index is 922. The number of rotatable bonds is 7. The maximum Gasteiger partial charge on any atom is 0.338 e. The van der Waals surface area contributed by atoms with Crippen molar-refractivity contribution in [1.29, 1.82) is 0 Å². The quantitative estimate of drug-likeness (QED) is 0.633. The zero-order valence-electron chi connectivity index (χ0n) is 15.2. The molecule has 0 heterocycles. The summed E-state index contributed by atoms with van der Waals surface area (Å²) in [7, 11) is 0. The Labute approximate surface area is 163 Å². The monoisotopic (exact) mass is 377 g/mol. The smallest absolute Gasteiger partial charge is 0.338 e. The fourth-order valence-corrected chi connectivity index (χ4v) is 2.69. The Hall–Kier alpha value is -3.47. The number of halogens is 1. The van der Waals surface area contributed by atoms with E-state index in [0.29, 0.717) is 18.5 Å². The average Bonchev–Trinajstić information content (AvgIpc) is 2.74. The maximum atomic E-state index is 12.8. The summed E-state index contributed by atoms with van der Waals surface area (Å²) in [4.78, 5) is 23.9. The molecule has 5 heteroatoms. The molecule has 0 unspecified atom stereocenters. The van der Waals surface area contributed by atoms with Gasteiger partial charge in [0.1, 0.15) is 5.82 Å². The summed E-state index contributed by atoms with van der Waals surface area (Å²) >= 11 is 0. The van der Waals surface area contributed by atoms with Crippen LogP contribution in [0.25, 0.3) is 11.1 Å². The van der Waals surface area contributed by atoms with E-state index < -0.39 is 5.97 Å². The molecule has 1 amide bonds. The molecule has 0 fully saturated rings. The number of nitrogens with one attached hydrogen (secondary N) is 1. The molecule has 4 nitrogen and oxygen atoms in total. The van der Waals surface area contributed by atoms with E-state index in [1.54, 1.807) is 24.3 Å². The van der Waals surface area contributed by atoms with E-state index >= 15 is 0 Å². The van der Waals surface area contributed by atoms with E-state index in [4.69, 9.17) is 4.74 Å². The molecular weight excluding hydrogens is 357 g/mol. The lowest BCUT2D eigenvalue weighted by atomic mass is 10.0. The van der Waals surface area contributed by atoms with E-state index in [2.05, 4.69) is 5.32 Å². The summed E-state index contributed by atoms with van der Waals surface area (Å²) in [6.45, 7) is 0.0382. The molecule has 0 spiro atoms. The first-order chi connectivity index (χ1) is 13.6. The highest BCUT2D eigenvalue weighted by Gasteiger charge is 2.10. The van der Waals surface area contributed by atoms with Crippen LogP contribution in [0.15, 0.2) is 78.9 Å². The molecule has 0 atom stereocenters. The molecule has 0 aliphatic carbocycles. The van der Waals surface area contributed by atoms with Crippen molar-refractivity contribution < 1.29 is 18.7 Å². The number of carbonyl (C=O) groups excluding carboxylic acids is 2. The molecule has 3 rings (SSSR count). The van der Waals surface area contributed by atoms with Crippen LogP contribution in [-0.4, -0.2) is 25.0 Å². The Kier molecular flexibility index (Phi) is 6.52. The minimum Gasteiger partial charge on any atom is -0.452 e. The summed E-state index contributed by atoms with van der Waals surface area (Å²) in [6.07, 6.45) is 0.570. The van der Waals surface area contributed by atoms with Gasteiger partial charge >= 0.3 is 5.97 Å². The number of amides is 1. The average molecular weight is 377 g/mol. The second-order valence-electron chi connectivity index (χ2n) is 6.25. The molecule has 0 radical (unpaired) electrons. The second-order valence-corrected chi connectivity index (χ2v) is 6.25. The zero-order valence-corrected chi connectivity index (χ0v) is 15.2. The molecule has 0 aliphatic heterocycles. The number of ether oxygens (including phenoxy) is 1. The molecule has 3 aromatic carbocycles. The summed E-state index contributed by atoms with van der Waals surface area (Å²) in [5.41, 5.74) is 3.36. The molecule has 1 N–H and O–H groups in total. The van der Waals surface area contributed by atoms with E-state index in [1.807, 2.05) is 42.5 Å². The highest BCUT2D eigenvalue weighted by Crippen LogP contribution is 2.19. The molecule has 0 saturated carbocycles. The third-order valence-electron chi connectivity index (χ3n) is 4.21. The van der Waals surface area contributed by atoms with E-state index in [-0.39, 0.29) is 18.3 Å². The first kappa shape index (κ1) is 19.3. The summed E-state index contributed by atoms with van der Waals surface area (Å²) < 4.78 is 17.9. The number of benzene rings is 3. The third kappa shape index (κ3) is 5.51. The van der Waals surface area contributed by atoms with Crippen LogP contribution in [0.1, 0.15) is 15.9 Å². The van der Waals surface area contributed by atoms with Gasteiger partial charge < -0.3 is 10.1 Å². The van der Waals surface area contributed by atoms with Crippen LogP contribution >= 0.6 is 0 Å². The van der Waals surface area contributed by atoms with Crippen LogP contribution in [0.2, 0.25) is 0 Å². The first-order valence-electron chi connectivity index (χ1n) is 8.95. The van der Waals surface area contributed by atoms with Gasteiger partial charge in [0, 0.05) is 6.54 Å². The fraction of sp³-hybridized carbons (Fsp3) is 0.130. The Balaban J connectivity index is 1.43. The van der Waals surface area contributed by atoms with E-state index in [1.165, 1.54) is 12.1 Å². The topological polar surface area (TPSA) is 55.4 Å². The van der Waals surface area contributed by atoms with Gasteiger partial charge in [0.15, 0.2) is 6.61 Å².